The second kappa shape index (κ2) is 9.05. The zero-order valence-corrected chi connectivity index (χ0v) is 15.9. The fraction of sp³-hybridized carbons (Fsp3) is 0.150. The molecule has 7 heteroatoms. The van der Waals surface area contributed by atoms with Crippen LogP contribution in [0.25, 0.3) is 0 Å². The van der Waals surface area contributed by atoms with E-state index in [1.54, 1.807) is 30.1 Å². The van der Waals surface area contributed by atoms with Crippen molar-refractivity contribution in [3.63, 3.8) is 0 Å². The first kappa shape index (κ1) is 18.7. The molecule has 27 heavy (non-hydrogen) atoms. The summed E-state index contributed by atoms with van der Waals surface area (Å²) in [7, 11) is 0. The molecule has 0 spiro atoms. The van der Waals surface area contributed by atoms with E-state index < -0.39 is 0 Å². The van der Waals surface area contributed by atoms with Gasteiger partial charge in [-0.3, -0.25) is 9.78 Å². The number of nitrogens with one attached hydrogen (secondary N) is 1. The number of hydrogen-bond acceptors (Lipinski definition) is 6. The highest BCUT2D eigenvalue weighted by molar-refractivity contribution is 7.98. The van der Waals surface area contributed by atoms with Gasteiger partial charge in [-0.05, 0) is 49.7 Å². The first-order chi connectivity index (χ1) is 13.1. The van der Waals surface area contributed by atoms with Crippen molar-refractivity contribution in [3.05, 3.63) is 82.9 Å². The van der Waals surface area contributed by atoms with E-state index in [2.05, 4.69) is 25.5 Å². The van der Waals surface area contributed by atoms with Crippen molar-refractivity contribution < 1.29 is 4.79 Å². The van der Waals surface area contributed by atoms with Gasteiger partial charge in [0, 0.05) is 28.9 Å². The van der Waals surface area contributed by atoms with Gasteiger partial charge in [0.2, 0.25) is 0 Å². The van der Waals surface area contributed by atoms with Crippen LogP contribution < -0.4 is 5.43 Å². The Morgan fingerprint density at radius 2 is 1.85 bits per heavy atom. The van der Waals surface area contributed by atoms with E-state index in [0.29, 0.717) is 11.3 Å². The zero-order chi connectivity index (χ0) is 19.1. The van der Waals surface area contributed by atoms with Gasteiger partial charge in [0.25, 0.3) is 5.91 Å². The lowest BCUT2D eigenvalue weighted by Gasteiger charge is -2.04. The van der Waals surface area contributed by atoms with Gasteiger partial charge in [-0.2, -0.15) is 5.10 Å². The summed E-state index contributed by atoms with van der Waals surface area (Å²) in [6.45, 7) is 3.92. The molecule has 136 valence electrons. The quantitative estimate of drug-likeness (QED) is 0.308. The third kappa shape index (κ3) is 5.72. The molecule has 1 N–H and O–H groups in total. The molecule has 6 nitrogen and oxygen atoms in total. The summed E-state index contributed by atoms with van der Waals surface area (Å²) in [5, 5.41) is 4.69. The third-order valence-corrected chi connectivity index (χ3v) is 4.51. The molecule has 0 unspecified atom stereocenters. The molecule has 0 saturated heterocycles. The lowest BCUT2D eigenvalue weighted by molar-refractivity contribution is 0.0955. The Morgan fingerprint density at radius 1 is 1.11 bits per heavy atom. The molecule has 0 fully saturated rings. The normalized spacial score (nSPS) is 10.9. The molecule has 2 aromatic heterocycles. The van der Waals surface area contributed by atoms with Crippen molar-refractivity contribution in [3.8, 4) is 0 Å². The van der Waals surface area contributed by atoms with Crippen LogP contribution in [-0.4, -0.2) is 27.1 Å². The van der Waals surface area contributed by atoms with Crippen LogP contribution in [0, 0.1) is 13.8 Å². The monoisotopic (exact) mass is 377 g/mol. The molecule has 0 atom stereocenters. The maximum atomic E-state index is 12.1. The number of aromatic nitrogens is 3. The van der Waals surface area contributed by atoms with Crippen LogP contribution >= 0.6 is 11.8 Å². The van der Waals surface area contributed by atoms with Crippen molar-refractivity contribution in [2.45, 2.75) is 24.8 Å². The lowest BCUT2D eigenvalue weighted by atomic mass is 10.1. The molecule has 3 aromatic rings. The maximum absolute atomic E-state index is 12.1. The van der Waals surface area contributed by atoms with Gasteiger partial charge in [-0.15, -0.1) is 0 Å². The van der Waals surface area contributed by atoms with Crippen molar-refractivity contribution in [1.29, 1.82) is 0 Å². The van der Waals surface area contributed by atoms with Gasteiger partial charge in [0.15, 0.2) is 5.16 Å². The molecule has 2 heterocycles. The average Bonchev–Trinajstić information content (AvgIpc) is 2.67. The SMILES string of the molecule is Cc1cc(C)nc(SCc2ccc(C(=O)N/N=C\c3ccccn3)cc2)n1. The Hall–Kier alpha value is -3.06. The molecular weight excluding hydrogens is 358 g/mol. The molecule has 1 aromatic carbocycles. The number of pyridine rings is 1. The van der Waals surface area contributed by atoms with Gasteiger partial charge >= 0.3 is 0 Å². The highest BCUT2D eigenvalue weighted by Crippen LogP contribution is 2.20. The summed E-state index contributed by atoms with van der Waals surface area (Å²) in [5.74, 6) is 0.474. The first-order valence-electron chi connectivity index (χ1n) is 8.38. The number of hydrazone groups is 1. The number of benzene rings is 1. The molecule has 0 radical (unpaired) electrons. The highest BCUT2D eigenvalue weighted by atomic mass is 32.2. The predicted molar refractivity (Wildman–Crippen MR) is 107 cm³/mol. The van der Waals surface area contributed by atoms with Crippen molar-refractivity contribution in [2.24, 2.45) is 5.10 Å². The van der Waals surface area contributed by atoms with Crippen molar-refractivity contribution >= 4 is 23.9 Å². The van der Waals surface area contributed by atoms with Gasteiger partial charge < -0.3 is 0 Å². The van der Waals surface area contributed by atoms with Crippen LogP contribution in [0.4, 0.5) is 0 Å². The number of carbonyl (C=O) groups excluding carboxylic acids is 1. The Kier molecular flexibility index (Phi) is 6.27. The number of thioether (sulfide) groups is 1. The van der Waals surface area contributed by atoms with Crippen molar-refractivity contribution in [1.82, 2.24) is 20.4 Å². The van der Waals surface area contributed by atoms with E-state index in [-0.39, 0.29) is 5.91 Å². The lowest BCUT2D eigenvalue weighted by Crippen LogP contribution is -2.17. The van der Waals surface area contributed by atoms with Gasteiger partial charge in [-0.25, -0.2) is 15.4 Å². The smallest absolute Gasteiger partial charge is 0.267 e. The molecular formula is C20H19N5OS. The molecule has 0 aliphatic rings. The molecule has 0 aliphatic heterocycles. The minimum atomic E-state index is -0.265. The second-order valence-corrected chi connectivity index (χ2v) is 6.82. The van der Waals surface area contributed by atoms with Crippen LogP contribution in [0.1, 0.15) is 33.0 Å². The van der Waals surface area contributed by atoms with Gasteiger partial charge in [-0.1, -0.05) is 30.0 Å². The number of aryl methyl sites for hydroxylation is 2. The van der Waals surface area contributed by atoms with Crippen molar-refractivity contribution in [2.75, 3.05) is 0 Å². The molecule has 0 saturated carbocycles. The van der Waals surface area contributed by atoms with Crippen LogP contribution in [0.5, 0.6) is 0 Å². The van der Waals surface area contributed by atoms with E-state index >= 15 is 0 Å². The number of hydrogen-bond donors (Lipinski definition) is 1. The summed E-state index contributed by atoms with van der Waals surface area (Å²) >= 11 is 1.57. The topological polar surface area (TPSA) is 80.1 Å². The van der Waals surface area contributed by atoms with E-state index in [0.717, 1.165) is 27.9 Å². The Bertz CT molecular complexity index is 922. The molecule has 3 rings (SSSR count). The zero-order valence-electron chi connectivity index (χ0n) is 15.1. The number of carbonyl (C=O) groups is 1. The van der Waals surface area contributed by atoms with E-state index in [1.165, 1.54) is 6.21 Å². The Labute approximate surface area is 162 Å². The fourth-order valence-electron chi connectivity index (χ4n) is 2.33. The van der Waals surface area contributed by atoms with E-state index in [1.807, 2.05) is 50.2 Å². The number of amides is 1. The van der Waals surface area contributed by atoms with Gasteiger partial charge in [0.05, 0.1) is 11.9 Å². The largest absolute Gasteiger partial charge is 0.271 e. The third-order valence-electron chi connectivity index (χ3n) is 3.60. The predicted octanol–water partition coefficient (Wildman–Crippen LogP) is 3.54. The molecule has 1 amide bonds. The van der Waals surface area contributed by atoms with E-state index in [9.17, 15) is 4.79 Å². The Morgan fingerprint density at radius 3 is 2.52 bits per heavy atom. The summed E-state index contributed by atoms with van der Waals surface area (Å²) < 4.78 is 0. The van der Waals surface area contributed by atoms with E-state index in [4.69, 9.17) is 0 Å². The summed E-state index contributed by atoms with van der Waals surface area (Å²) in [6.07, 6.45) is 3.18. The molecule has 0 aliphatic carbocycles. The standard InChI is InChI=1S/C20H19N5OS/c1-14-11-15(2)24-20(23-14)27-13-16-6-8-17(9-7-16)19(26)25-22-12-18-5-3-4-10-21-18/h3-12H,13H2,1-2H3,(H,25,26)/b22-12-. The van der Waals surface area contributed by atoms with Gasteiger partial charge in [0.1, 0.15) is 0 Å². The average molecular weight is 377 g/mol. The minimum Gasteiger partial charge on any atom is -0.267 e. The fourth-order valence-corrected chi connectivity index (χ4v) is 3.24. The Balaban J connectivity index is 1.54. The minimum absolute atomic E-state index is 0.265. The summed E-state index contributed by atoms with van der Waals surface area (Å²) in [5.41, 5.74) is 6.74. The van der Waals surface area contributed by atoms with Crippen LogP contribution in [-0.2, 0) is 5.75 Å². The van der Waals surface area contributed by atoms with Crippen LogP contribution in [0.2, 0.25) is 0 Å². The first-order valence-corrected chi connectivity index (χ1v) is 9.37. The van der Waals surface area contributed by atoms with Crippen LogP contribution in [0.3, 0.4) is 0 Å². The molecule has 0 bridgehead atoms. The van der Waals surface area contributed by atoms with Crippen LogP contribution in [0.15, 0.2) is 65.0 Å². The summed E-state index contributed by atoms with van der Waals surface area (Å²) in [4.78, 5) is 25.1. The number of rotatable bonds is 6. The highest BCUT2D eigenvalue weighted by Gasteiger charge is 2.05. The number of nitrogens with zero attached hydrogens (tertiary/aromatic N) is 4. The second-order valence-electron chi connectivity index (χ2n) is 5.87. The summed E-state index contributed by atoms with van der Waals surface area (Å²) in [6, 6.07) is 14.8. The maximum Gasteiger partial charge on any atom is 0.271 e.